The molecule has 0 fully saturated rings. The Balaban J connectivity index is 1.74. The van der Waals surface area contributed by atoms with Crippen molar-refractivity contribution in [2.75, 3.05) is 18.4 Å². The first-order valence-electron chi connectivity index (χ1n) is 7.31. The number of hydrogen-bond acceptors (Lipinski definition) is 2. The summed E-state index contributed by atoms with van der Waals surface area (Å²) in [5.74, 6) is 2.54. The van der Waals surface area contributed by atoms with Gasteiger partial charge in [-0.1, -0.05) is 36.3 Å². The van der Waals surface area contributed by atoms with Gasteiger partial charge in [0.1, 0.15) is 0 Å². The van der Waals surface area contributed by atoms with Crippen LogP contribution in [0.15, 0.2) is 48.5 Å². The average Bonchev–Trinajstić information content (AvgIpc) is 2.55. The topological polar surface area (TPSA) is 41.1 Å². The molecule has 0 atom stereocenters. The van der Waals surface area contributed by atoms with Crippen molar-refractivity contribution in [2.45, 2.75) is 13.3 Å². The fourth-order valence-corrected chi connectivity index (χ4v) is 2.19. The third-order valence-electron chi connectivity index (χ3n) is 3.46. The van der Waals surface area contributed by atoms with Gasteiger partial charge in [0.15, 0.2) is 0 Å². The summed E-state index contributed by atoms with van der Waals surface area (Å²) in [6, 6.07) is 15.7. The van der Waals surface area contributed by atoms with Crippen molar-refractivity contribution in [3.05, 3.63) is 65.2 Å². The van der Waals surface area contributed by atoms with Crippen molar-refractivity contribution in [3.63, 3.8) is 0 Å². The van der Waals surface area contributed by atoms with E-state index >= 15 is 0 Å². The van der Waals surface area contributed by atoms with Gasteiger partial charge in [0.05, 0.1) is 6.54 Å². The SMILES string of the molecule is C#Cc1cccc(NCC(=O)NCCc2ccccc2C)c1. The summed E-state index contributed by atoms with van der Waals surface area (Å²) in [7, 11) is 0. The van der Waals surface area contributed by atoms with E-state index in [1.54, 1.807) is 0 Å². The number of carbonyl (C=O) groups is 1. The van der Waals surface area contributed by atoms with Crippen LogP contribution in [0.1, 0.15) is 16.7 Å². The van der Waals surface area contributed by atoms with E-state index in [9.17, 15) is 4.79 Å². The normalized spacial score (nSPS) is 9.82. The number of benzene rings is 2. The Morgan fingerprint density at radius 3 is 2.77 bits per heavy atom. The zero-order chi connectivity index (χ0) is 15.8. The van der Waals surface area contributed by atoms with Crippen LogP contribution in [0, 0.1) is 19.3 Å². The van der Waals surface area contributed by atoms with Gasteiger partial charge in [-0.3, -0.25) is 4.79 Å². The van der Waals surface area contributed by atoms with E-state index in [-0.39, 0.29) is 12.5 Å². The number of carbonyl (C=O) groups excluding carboxylic acids is 1. The first-order valence-corrected chi connectivity index (χ1v) is 7.31. The maximum Gasteiger partial charge on any atom is 0.239 e. The molecule has 3 nitrogen and oxygen atoms in total. The maximum atomic E-state index is 11.8. The predicted molar refractivity (Wildman–Crippen MR) is 90.8 cm³/mol. The lowest BCUT2D eigenvalue weighted by Crippen LogP contribution is -2.31. The second kappa shape index (κ2) is 7.90. The van der Waals surface area contributed by atoms with E-state index in [2.05, 4.69) is 35.6 Å². The molecular weight excluding hydrogens is 272 g/mol. The third kappa shape index (κ3) is 4.68. The van der Waals surface area contributed by atoms with Crippen LogP contribution in [-0.4, -0.2) is 19.0 Å². The van der Waals surface area contributed by atoms with Crippen LogP contribution in [0.5, 0.6) is 0 Å². The minimum atomic E-state index is -0.0281. The Bertz CT molecular complexity index is 686. The van der Waals surface area contributed by atoms with Crippen LogP contribution < -0.4 is 10.6 Å². The molecule has 2 N–H and O–H groups in total. The lowest BCUT2D eigenvalue weighted by molar-refractivity contribution is -0.119. The van der Waals surface area contributed by atoms with Gasteiger partial charge in [0, 0.05) is 17.8 Å². The number of anilines is 1. The summed E-state index contributed by atoms with van der Waals surface area (Å²) in [4.78, 5) is 11.8. The van der Waals surface area contributed by atoms with Crippen LogP contribution in [0.25, 0.3) is 0 Å². The van der Waals surface area contributed by atoms with Crippen LogP contribution in [-0.2, 0) is 11.2 Å². The fourth-order valence-electron chi connectivity index (χ4n) is 2.19. The second-order valence-corrected chi connectivity index (χ2v) is 5.11. The monoisotopic (exact) mass is 292 g/mol. The molecule has 1 amide bonds. The Hall–Kier alpha value is -2.73. The highest BCUT2D eigenvalue weighted by Gasteiger charge is 2.02. The minimum Gasteiger partial charge on any atom is -0.376 e. The summed E-state index contributed by atoms with van der Waals surface area (Å²) < 4.78 is 0. The standard InChI is InChI=1S/C19H20N2O/c1-3-16-8-6-10-18(13-16)21-14-19(22)20-12-11-17-9-5-4-7-15(17)2/h1,4-10,13,21H,11-12,14H2,2H3,(H,20,22). The number of nitrogens with one attached hydrogen (secondary N) is 2. The van der Waals surface area contributed by atoms with Crippen LogP contribution >= 0.6 is 0 Å². The summed E-state index contributed by atoms with van der Waals surface area (Å²) in [6.07, 6.45) is 6.19. The van der Waals surface area contributed by atoms with E-state index in [1.807, 2.05) is 36.4 Å². The molecule has 0 aliphatic heterocycles. The Morgan fingerprint density at radius 1 is 1.18 bits per heavy atom. The van der Waals surface area contributed by atoms with Crippen LogP contribution in [0.4, 0.5) is 5.69 Å². The smallest absolute Gasteiger partial charge is 0.239 e. The molecule has 2 rings (SSSR count). The van der Waals surface area contributed by atoms with Crippen molar-refractivity contribution >= 4 is 11.6 Å². The second-order valence-electron chi connectivity index (χ2n) is 5.11. The summed E-state index contributed by atoms with van der Waals surface area (Å²) in [5, 5.41) is 5.99. The molecule has 0 saturated carbocycles. The number of hydrogen-bond donors (Lipinski definition) is 2. The van der Waals surface area contributed by atoms with Gasteiger partial charge in [-0.05, 0) is 42.7 Å². The van der Waals surface area contributed by atoms with Gasteiger partial charge in [-0.15, -0.1) is 6.42 Å². The van der Waals surface area contributed by atoms with Crippen LogP contribution in [0.2, 0.25) is 0 Å². The summed E-state index contributed by atoms with van der Waals surface area (Å²) in [6.45, 7) is 2.95. The van der Waals surface area contributed by atoms with Crippen molar-refractivity contribution in [1.29, 1.82) is 0 Å². The van der Waals surface area contributed by atoms with Gasteiger partial charge in [0.2, 0.25) is 5.91 Å². The lowest BCUT2D eigenvalue weighted by Gasteiger charge is -2.09. The number of amides is 1. The zero-order valence-electron chi connectivity index (χ0n) is 12.7. The van der Waals surface area contributed by atoms with E-state index in [1.165, 1.54) is 11.1 Å². The Morgan fingerprint density at radius 2 is 2.00 bits per heavy atom. The average molecular weight is 292 g/mol. The summed E-state index contributed by atoms with van der Waals surface area (Å²) >= 11 is 0. The van der Waals surface area contributed by atoms with Crippen molar-refractivity contribution < 1.29 is 4.79 Å². The molecule has 0 saturated heterocycles. The van der Waals surface area contributed by atoms with E-state index < -0.39 is 0 Å². The van der Waals surface area contributed by atoms with Gasteiger partial charge in [-0.25, -0.2) is 0 Å². The third-order valence-corrected chi connectivity index (χ3v) is 3.46. The molecule has 0 heterocycles. The van der Waals surface area contributed by atoms with E-state index in [0.717, 1.165) is 17.7 Å². The molecule has 0 unspecified atom stereocenters. The first-order chi connectivity index (χ1) is 10.7. The largest absolute Gasteiger partial charge is 0.376 e. The highest BCUT2D eigenvalue weighted by molar-refractivity contribution is 5.80. The van der Waals surface area contributed by atoms with Gasteiger partial charge in [0.25, 0.3) is 0 Å². The molecular formula is C19H20N2O. The van der Waals surface area contributed by atoms with Gasteiger partial charge >= 0.3 is 0 Å². The lowest BCUT2D eigenvalue weighted by atomic mass is 10.1. The molecule has 0 aromatic heterocycles. The number of aryl methyl sites for hydroxylation is 1. The Kier molecular flexibility index (Phi) is 5.62. The van der Waals surface area contributed by atoms with E-state index in [4.69, 9.17) is 6.42 Å². The van der Waals surface area contributed by atoms with Crippen molar-refractivity contribution in [3.8, 4) is 12.3 Å². The predicted octanol–water partition coefficient (Wildman–Crippen LogP) is 2.75. The highest BCUT2D eigenvalue weighted by Crippen LogP contribution is 2.09. The minimum absolute atomic E-state index is 0.0281. The molecule has 3 heteroatoms. The first kappa shape index (κ1) is 15.7. The highest BCUT2D eigenvalue weighted by atomic mass is 16.1. The zero-order valence-corrected chi connectivity index (χ0v) is 12.7. The number of terminal acetylenes is 1. The van der Waals surface area contributed by atoms with E-state index in [0.29, 0.717) is 6.54 Å². The maximum absolute atomic E-state index is 11.8. The molecule has 22 heavy (non-hydrogen) atoms. The molecule has 2 aromatic carbocycles. The van der Waals surface area contributed by atoms with Gasteiger partial charge in [-0.2, -0.15) is 0 Å². The summed E-state index contributed by atoms with van der Waals surface area (Å²) in [5.41, 5.74) is 4.16. The number of rotatable bonds is 6. The Labute approximate surface area is 131 Å². The molecule has 0 aliphatic rings. The molecule has 2 aromatic rings. The quantitative estimate of drug-likeness (QED) is 0.804. The molecule has 0 radical (unpaired) electrons. The van der Waals surface area contributed by atoms with Crippen molar-refractivity contribution in [1.82, 2.24) is 5.32 Å². The molecule has 0 bridgehead atoms. The molecule has 0 aliphatic carbocycles. The fraction of sp³-hybridized carbons (Fsp3) is 0.211. The molecule has 0 spiro atoms. The van der Waals surface area contributed by atoms with Crippen LogP contribution in [0.3, 0.4) is 0 Å². The van der Waals surface area contributed by atoms with Crippen molar-refractivity contribution in [2.24, 2.45) is 0 Å². The molecule has 112 valence electrons. The van der Waals surface area contributed by atoms with Gasteiger partial charge < -0.3 is 10.6 Å².